The van der Waals surface area contributed by atoms with Crippen LogP contribution in [0.2, 0.25) is 0 Å². The molecule has 0 fully saturated rings. The van der Waals surface area contributed by atoms with E-state index in [9.17, 15) is 13.2 Å². The molecule has 0 aliphatic carbocycles. The van der Waals surface area contributed by atoms with E-state index in [4.69, 9.17) is 0 Å². The summed E-state index contributed by atoms with van der Waals surface area (Å²) in [6.07, 6.45) is 1.93. The molecule has 2 N–H and O–H groups in total. The summed E-state index contributed by atoms with van der Waals surface area (Å²) in [5.74, 6) is -0.671. The van der Waals surface area contributed by atoms with Crippen LogP contribution in [0.4, 0.5) is 5.69 Å². The molecule has 0 radical (unpaired) electrons. The molecule has 5 nitrogen and oxygen atoms in total. The van der Waals surface area contributed by atoms with Gasteiger partial charge in [0.1, 0.15) is 0 Å². The highest BCUT2D eigenvalue weighted by Gasteiger charge is 2.16. The van der Waals surface area contributed by atoms with Gasteiger partial charge in [0.25, 0.3) is 5.91 Å². The maximum absolute atomic E-state index is 11.8. The number of anilines is 1. The second kappa shape index (κ2) is 4.97. The molecule has 1 heterocycles. The molecule has 98 valence electrons. The Labute approximate surface area is 107 Å². The van der Waals surface area contributed by atoms with Gasteiger partial charge in [0, 0.05) is 17.8 Å². The Kier molecular flexibility index (Phi) is 3.56. The summed E-state index contributed by atoms with van der Waals surface area (Å²) in [7, 11) is -3.50. The minimum absolute atomic E-state index is 0.106. The third-order valence-electron chi connectivity index (χ3n) is 2.93. The lowest BCUT2D eigenvalue weighted by molar-refractivity contribution is 0.0981. The summed E-state index contributed by atoms with van der Waals surface area (Å²) in [6, 6.07) is 5.21. The molecule has 1 aromatic carbocycles. The number of hydrogen-bond acceptors (Lipinski definition) is 4. The minimum Gasteiger partial charge on any atom is -0.385 e. The van der Waals surface area contributed by atoms with Crippen LogP contribution in [0.1, 0.15) is 29.3 Å². The van der Waals surface area contributed by atoms with Crippen LogP contribution in [0.15, 0.2) is 18.2 Å². The van der Waals surface area contributed by atoms with Crippen LogP contribution in [0.3, 0.4) is 0 Å². The Morgan fingerprint density at radius 2 is 2.22 bits per heavy atom. The molecule has 1 aliphatic heterocycles. The summed E-state index contributed by atoms with van der Waals surface area (Å²) in [6.45, 7) is 2.43. The van der Waals surface area contributed by atoms with E-state index in [0.717, 1.165) is 30.6 Å². The minimum atomic E-state index is -3.50. The molecule has 0 spiro atoms. The molecular formula is C12H16N2O3S. The fourth-order valence-corrected chi connectivity index (χ4v) is 2.43. The molecular weight excluding hydrogens is 252 g/mol. The zero-order valence-corrected chi connectivity index (χ0v) is 11.0. The molecule has 0 atom stereocenters. The summed E-state index contributed by atoms with van der Waals surface area (Å²) in [5, 5.41) is 3.24. The summed E-state index contributed by atoms with van der Waals surface area (Å²) in [4.78, 5) is 11.8. The lowest BCUT2D eigenvalue weighted by atomic mass is 10.0. The SMILES string of the molecule is CCS(=O)(=O)NC(=O)c1ccc2c(c1)CCCN2. The molecule has 0 saturated heterocycles. The largest absolute Gasteiger partial charge is 0.385 e. The van der Waals surface area contributed by atoms with Crippen LogP contribution in [0, 0.1) is 0 Å². The summed E-state index contributed by atoms with van der Waals surface area (Å²) >= 11 is 0. The highest BCUT2D eigenvalue weighted by molar-refractivity contribution is 7.90. The van der Waals surface area contributed by atoms with E-state index < -0.39 is 15.9 Å². The first kappa shape index (κ1) is 12.9. The number of fused-ring (bicyclic) bond motifs is 1. The van der Waals surface area contributed by atoms with Crippen molar-refractivity contribution in [3.05, 3.63) is 29.3 Å². The van der Waals surface area contributed by atoms with Gasteiger partial charge in [0.2, 0.25) is 10.0 Å². The first-order valence-electron chi connectivity index (χ1n) is 5.93. The van der Waals surface area contributed by atoms with Crippen molar-refractivity contribution in [1.82, 2.24) is 4.72 Å². The molecule has 1 amide bonds. The van der Waals surface area contributed by atoms with Gasteiger partial charge < -0.3 is 5.32 Å². The number of rotatable bonds is 3. The lowest BCUT2D eigenvalue weighted by Gasteiger charge is -2.18. The van der Waals surface area contributed by atoms with Crippen molar-refractivity contribution in [2.75, 3.05) is 17.6 Å². The van der Waals surface area contributed by atoms with Crippen LogP contribution in [0.25, 0.3) is 0 Å². The smallest absolute Gasteiger partial charge is 0.264 e. The van der Waals surface area contributed by atoms with Gasteiger partial charge in [-0.2, -0.15) is 0 Å². The van der Waals surface area contributed by atoms with Crippen molar-refractivity contribution in [3.63, 3.8) is 0 Å². The molecule has 1 aromatic rings. The van der Waals surface area contributed by atoms with Crippen LogP contribution >= 0.6 is 0 Å². The third kappa shape index (κ3) is 2.81. The Morgan fingerprint density at radius 1 is 1.44 bits per heavy atom. The number of benzene rings is 1. The molecule has 6 heteroatoms. The van der Waals surface area contributed by atoms with Gasteiger partial charge in [0.05, 0.1) is 5.75 Å². The number of sulfonamides is 1. The van der Waals surface area contributed by atoms with Crippen molar-refractivity contribution in [3.8, 4) is 0 Å². The lowest BCUT2D eigenvalue weighted by Crippen LogP contribution is -2.31. The van der Waals surface area contributed by atoms with E-state index >= 15 is 0 Å². The number of nitrogens with one attached hydrogen (secondary N) is 2. The van der Waals surface area contributed by atoms with Gasteiger partial charge >= 0.3 is 0 Å². The topological polar surface area (TPSA) is 75.3 Å². The maximum atomic E-state index is 11.8. The molecule has 2 rings (SSSR count). The molecule has 0 bridgehead atoms. The molecule has 1 aliphatic rings. The Hall–Kier alpha value is -1.56. The molecule has 0 aromatic heterocycles. The standard InChI is InChI=1S/C12H16N2O3S/c1-2-18(16,17)14-12(15)10-5-6-11-9(8-10)4-3-7-13-11/h5-6,8,13H,2-4,7H2,1H3,(H,14,15). The Bertz CT molecular complexity index is 567. The van der Waals surface area contributed by atoms with Crippen LogP contribution in [-0.4, -0.2) is 26.6 Å². The predicted molar refractivity (Wildman–Crippen MR) is 70.2 cm³/mol. The number of hydrogen-bond donors (Lipinski definition) is 2. The first-order valence-corrected chi connectivity index (χ1v) is 7.58. The highest BCUT2D eigenvalue weighted by atomic mass is 32.2. The van der Waals surface area contributed by atoms with Crippen molar-refractivity contribution in [2.24, 2.45) is 0 Å². The predicted octanol–water partition coefficient (Wildman–Crippen LogP) is 1.12. The van der Waals surface area contributed by atoms with Gasteiger partial charge in [-0.3, -0.25) is 4.79 Å². The Balaban J connectivity index is 2.21. The highest BCUT2D eigenvalue weighted by Crippen LogP contribution is 2.22. The quantitative estimate of drug-likeness (QED) is 0.861. The molecule has 0 unspecified atom stereocenters. The third-order valence-corrected chi connectivity index (χ3v) is 4.19. The Morgan fingerprint density at radius 3 is 2.94 bits per heavy atom. The van der Waals surface area contributed by atoms with Gasteiger partial charge in [-0.15, -0.1) is 0 Å². The van der Waals surface area contributed by atoms with Crippen LogP contribution < -0.4 is 10.0 Å². The van der Waals surface area contributed by atoms with Crippen LogP contribution in [-0.2, 0) is 16.4 Å². The van der Waals surface area contributed by atoms with Gasteiger partial charge in [-0.25, -0.2) is 13.1 Å². The molecule has 18 heavy (non-hydrogen) atoms. The molecule has 0 saturated carbocycles. The van der Waals surface area contributed by atoms with E-state index in [1.807, 2.05) is 10.8 Å². The number of amides is 1. The van der Waals surface area contributed by atoms with Crippen molar-refractivity contribution < 1.29 is 13.2 Å². The number of carbonyl (C=O) groups is 1. The average molecular weight is 268 g/mol. The van der Waals surface area contributed by atoms with Crippen molar-refractivity contribution >= 4 is 21.6 Å². The zero-order chi connectivity index (χ0) is 13.2. The zero-order valence-electron chi connectivity index (χ0n) is 10.2. The maximum Gasteiger partial charge on any atom is 0.264 e. The first-order chi connectivity index (χ1) is 8.52. The number of aryl methyl sites for hydroxylation is 1. The van der Waals surface area contributed by atoms with Crippen molar-refractivity contribution in [2.45, 2.75) is 19.8 Å². The van der Waals surface area contributed by atoms with Crippen LogP contribution in [0.5, 0.6) is 0 Å². The second-order valence-electron chi connectivity index (χ2n) is 4.24. The van der Waals surface area contributed by atoms with Gasteiger partial charge in [0.15, 0.2) is 0 Å². The summed E-state index contributed by atoms with van der Waals surface area (Å²) < 4.78 is 24.7. The fraction of sp³-hybridized carbons (Fsp3) is 0.417. The average Bonchev–Trinajstić information content (AvgIpc) is 2.37. The van der Waals surface area contributed by atoms with Crippen molar-refractivity contribution in [1.29, 1.82) is 0 Å². The van der Waals surface area contributed by atoms with E-state index in [0.29, 0.717) is 5.56 Å². The van der Waals surface area contributed by atoms with Gasteiger partial charge in [-0.1, -0.05) is 0 Å². The van der Waals surface area contributed by atoms with E-state index in [1.54, 1.807) is 12.1 Å². The number of carbonyl (C=O) groups excluding carboxylic acids is 1. The monoisotopic (exact) mass is 268 g/mol. The van der Waals surface area contributed by atoms with E-state index in [-0.39, 0.29) is 5.75 Å². The second-order valence-corrected chi connectivity index (χ2v) is 6.25. The van der Waals surface area contributed by atoms with Gasteiger partial charge in [-0.05, 0) is 43.5 Å². The normalized spacial score (nSPS) is 14.5. The van der Waals surface area contributed by atoms with E-state index in [1.165, 1.54) is 6.92 Å². The fourth-order valence-electron chi connectivity index (χ4n) is 1.89. The summed E-state index contributed by atoms with van der Waals surface area (Å²) in [5.41, 5.74) is 2.47. The van der Waals surface area contributed by atoms with E-state index in [2.05, 4.69) is 5.32 Å².